The van der Waals surface area contributed by atoms with Gasteiger partial charge in [0.2, 0.25) is 5.91 Å². The summed E-state index contributed by atoms with van der Waals surface area (Å²) >= 11 is 0. The second kappa shape index (κ2) is 4.48. The summed E-state index contributed by atoms with van der Waals surface area (Å²) in [5.41, 5.74) is 4.70. The highest BCUT2D eigenvalue weighted by Gasteiger charge is 2.49. The van der Waals surface area contributed by atoms with Crippen molar-refractivity contribution >= 4 is 11.7 Å². The molecule has 15 heavy (non-hydrogen) atoms. The molecule has 86 valence electrons. The number of hydrogen-bond donors (Lipinski definition) is 3. The third kappa shape index (κ3) is 1.90. The molecule has 0 aromatic heterocycles. The molecule has 0 atom stereocenters. The zero-order valence-electron chi connectivity index (χ0n) is 8.81. The minimum atomic E-state index is -0.835. The van der Waals surface area contributed by atoms with Gasteiger partial charge < -0.3 is 20.9 Å². The third-order valence-electron chi connectivity index (χ3n) is 3.00. The topological polar surface area (TPSA) is 99.2 Å². The van der Waals surface area contributed by atoms with Crippen molar-refractivity contribution < 1.29 is 15.1 Å². The molecule has 0 heterocycles. The van der Waals surface area contributed by atoms with E-state index < -0.39 is 5.41 Å². The Kier molecular flexibility index (Phi) is 3.52. The molecular weight excluding hydrogens is 198 g/mol. The second-order valence-electron chi connectivity index (χ2n) is 3.87. The highest BCUT2D eigenvalue weighted by Crippen LogP contribution is 2.42. The highest BCUT2D eigenvalue weighted by atomic mass is 16.4. The number of carbonyl (C=O) groups is 1. The van der Waals surface area contributed by atoms with Crippen LogP contribution in [0.3, 0.4) is 0 Å². The molecule has 1 aliphatic carbocycles. The van der Waals surface area contributed by atoms with Crippen molar-refractivity contribution in [2.24, 2.45) is 16.3 Å². The third-order valence-corrected chi connectivity index (χ3v) is 3.00. The summed E-state index contributed by atoms with van der Waals surface area (Å²) in [5.74, 6) is -0.207. The molecule has 6 nitrogen and oxygen atoms in total. The SMILES string of the molecule is CN(CCO)C(=O)C1(C(N)=NO)CCC1. The Morgan fingerprint density at radius 3 is 2.53 bits per heavy atom. The van der Waals surface area contributed by atoms with Crippen LogP contribution >= 0.6 is 0 Å². The Labute approximate surface area is 88.4 Å². The molecule has 0 saturated heterocycles. The van der Waals surface area contributed by atoms with E-state index in [0.29, 0.717) is 12.8 Å². The summed E-state index contributed by atoms with van der Waals surface area (Å²) < 4.78 is 0. The van der Waals surface area contributed by atoms with Crippen molar-refractivity contribution in [1.82, 2.24) is 4.90 Å². The number of hydrogen-bond acceptors (Lipinski definition) is 4. The molecule has 1 amide bonds. The molecule has 6 heteroatoms. The fraction of sp³-hybridized carbons (Fsp3) is 0.778. The minimum Gasteiger partial charge on any atom is -0.409 e. The van der Waals surface area contributed by atoms with Gasteiger partial charge in [-0.25, -0.2) is 0 Å². The van der Waals surface area contributed by atoms with Crippen LogP contribution in [-0.2, 0) is 4.79 Å². The van der Waals surface area contributed by atoms with Gasteiger partial charge in [-0.15, -0.1) is 0 Å². The fourth-order valence-electron chi connectivity index (χ4n) is 1.82. The quantitative estimate of drug-likeness (QED) is 0.251. The zero-order valence-corrected chi connectivity index (χ0v) is 8.81. The first-order valence-electron chi connectivity index (χ1n) is 4.93. The van der Waals surface area contributed by atoms with Gasteiger partial charge >= 0.3 is 0 Å². The molecule has 0 radical (unpaired) electrons. The Bertz CT molecular complexity index is 274. The lowest BCUT2D eigenvalue weighted by molar-refractivity contribution is -0.141. The Morgan fingerprint density at radius 2 is 2.20 bits per heavy atom. The molecule has 1 fully saturated rings. The van der Waals surface area contributed by atoms with E-state index in [1.807, 2.05) is 0 Å². The van der Waals surface area contributed by atoms with Crippen molar-refractivity contribution in [3.05, 3.63) is 0 Å². The number of carbonyl (C=O) groups excluding carboxylic acids is 1. The van der Waals surface area contributed by atoms with Crippen molar-refractivity contribution in [3.8, 4) is 0 Å². The lowest BCUT2D eigenvalue weighted by Gasteiger charge is -2.41. The van der Waals surface area contributed by atoms with Crippen molar-refractivity contribution in [2.75, 3.05) is 20.2 Å². The molecular formula is C9H17N3O3. The van der Waals surface area contributed by atoms with Crippen LogP contribution in [-0.4, -0.2) is 47.2 Å². The van der Waals surface area contributed by atoms with Crippen LogP contribution < -0.4 is 5.73 Å². The number of nitrogens with zero attached hydrogens (tertiary/aromatic N) is 2. The fourth-order valence-corrected chi connectivity index (χ4v) is 1.82. The van der Waals surface area contributed by atoms with Gasteiger partial charge in [0, 0.05) is 13.6 Å². The number of rotatable bonds is 4. The van der Waals surface area contributed by atoms with Gasteiger partial charge in [0.05, 0.1) is 6.61 Å². The van der Waals surface area contributed by atoms with E-state index in [1.165, 1.54) is 4.90 Å². The van der Waals surface area contributed by atoms with E-state index in [9.17, 15) is 4.79 Å². The standard InChI is InChI=1S/C9H17N3O3/c1-12(5-6-13)8(14)9(3-2-4-9)7(10)11-15/h13,15H,2-6H2,1H3,(H2,10,11). The van der Waals surface area contributed by atoms with Crippen LogP contribution in [0.2, 0.25) is 0 Å². The lowest BCUT2D eigenvalue weighted by atomic mass is 9.67. The number of nitrogens with two attached hydrogens (primary N) is 1. The summed E-state index contributed by atoms with van der Waals surface area (Å²) in [6.45, 7) is 0.174. The van der Waals surface area contributed by atoms with Crippen molar-refractivity contribution in [3.63, 3.8) is 0 Å². The number of likely N-dealkylation sites (N-methyl/N-ethyl adjacent to an activating group) is 1. The maximum Gasteiger partial charge on any atom is 0.236 e. The minimum absolute atomic E-state index is 0.0245. The average Bonchev–Trinajstić information content (AvgIpc) is 2.16. The summed E-state index contributed by atoms with van der Waals surface area (Å²) in [5, 5.41) is 20.3. The van der Waals surface area contributed by atoms with Gasteiger partial charge in [0.15, 0.2) is 5.84 Å². The first-order chi connectivity index (χ1) is 7.08. The first kappa shape index (κ1) is 11.8. The molecule has 1 rings (SSSR count). The van der Waals surface area contributed by atoms with E-state index in [0.717, 1.165) is 6.42 Å². The predicted octanol–water partition coefficient (Wildman–Crippen LogP) is -0.646. The van der Waals surface area contributed by atoms with Crippen LogP contribution in [0.4, 0.5) is 0 Å². The van der Waals surface area contributed by atoms with E-state index in [4.69, 9.17) is 16.0 Å². The molecule has 0 aromatic rings. The van der Waals surface area contributed by atoms with Crippen LogP contribution in [0.5, 0.6) is 0 Å². The Balaban J connectivity index is 2.78. The summed E-state index contributed by atoms with van der Waals surface area (Å²) in [7, 11) is 1.60. The number of oxime groups is 1. The van der Waals surface area contributed by atoms with Crippen LogP contribution in [0.1, 0.15) is 19.3 Å². The largest absolute Gasteiger partial charge is 0.409 e. The maximum atomic E-state index is 12.0. The maximum absolute atomic E-state index is 12.0. The van der Waals surface area contributed by atoms with E-state index in [-0.39, 0.29) is 24.9 Å². The Hall–Kier alpha value is -1.30. The smallest absolute Gasteiger partial charge is 0.236 e. The monoisotopic (exact) mass is 215 g/mol. The lowest BCUT2D eigenvalue weighted by Crippen LogP contribution is -2.54. The second-order valence-corrected chi connectivity index (χ2v) is 3.87. The van der Waals surface area contributed by atoms with Crippen molar-refractivity contribution in [1.29, 1.82) is 0 Å². The molecule has 1 saturated carbocycles. The zero-order chi connectivity index (χ0) is 11.5. The number of amides is 1. The first-order valence-corrected chi connectivity index (χ1v) is 4.93. The highest BCUT2D eigenvalue weighted by molar-refractivity contribution is 6.07. The Morgan fingerprint density at radius 1 is 1.60 bits per heavy atom. The summed E-state index contributed by atoms with van der Waals surface area (Å²) in [4.78, 5) is 13.4. The predicted molar refractivity (Wildman–Crippen MR) is 54.4 cm³/mol. The normalized spacial score (nSPS) is 19.5. The van der Waals surface area contributed by atoms with Crippen molar-refractivity contribution in [2.45, 2.75) is 19.3 Å². The van der Waals surface area contributed by atoms with E-state index in [2.05, 4.69) is 5.16 Å². The van der Waals surface area contributed by atoms with Gasteiger partial charge in [-0.1, -0.05) is 11.6 Å². The van der Waals surface area contributed by atoms with Crippen LogP contribution in [0, 0.1) is 5.41 Å². The molecule has 0 bridgehead atoms. The van der Waals surface area contributed by atoms with E-state index >= 15 is 0 Å². The summed E-state index contributed by atoms with van der Waals surface area (Å²) in [6, 6.07) is 0. The number of aliphatic hydroxyl groups excluding tert-OH is 1. The molecule has 0 aliphatic heterocycles. The molecule has 0 unspecified atom stereocenters. The number of aliphatic hydroxyl groups is 1. The van der Waals surface area contributed by atoms with Crippen LogP contribution in [0.25, 0.3) is 0 Å². The van der Waals surface area contributed by atoms with Gasteiger partial charge in [-0.3, -0.25) is 4.79 Å². The molecule has 0 spiro atoms. The molecule has 4 N–H and O–H groups in total. The summed E-state index contributed by atoms with van der Waals surface area (Å²) in [6.07, 6.45) is 2.11. The van der Waals surface area contributed by atoms with Gasteiger partial charge in [0.25, 0.3) is 0 Å². The van der Waals surface area contributed by atoms with Gasteiger partial charge in [-0.2, -0.15) is 0 Å². The van der Waals surface area contributed by atoms with E-state index in [1.54, 1.807) is 7.05 Å². The van der Waals surface area contributed by atoms with Gasteiger partial charge in [0.1, 0.15) is 5.41 Å². The van der Waals surface area contributed by atoms with Gasteiger partial charge in [-0.05, 0) is 12.8 Å². The molecule has 1 aliphatic rings. The molecule has 0 aromatic carbocycles. The average molecular weight is 215 g/mol. The number of amidine groups is 1. The van der Waals surface area contributed by atoms with Crippen LogP contribution in [0.15, 0.2) is 5.16 Å².